The molecule has 1 N–H and O–H groups in total. The summed E-state index contributed by atoms with van der Waals surface area (Å²) in [5, 5.41) is 3.54. The van der Waals surface area contributed by atoms with Crippen molar-refractivity contribution < 1.29 is 4.74 Å². The fourth-order valence-electron chi connectivity index (χ4n) is 1.84. The molecule has 0 spiro atoms. The molecule has 1 rings (SSSR count). The minimum absolute atomic E-state index is 0.449. The maximum atomic E-state index is 5.23. The zero-order valence-electron chi connectivity index (χ0n) is 10.6. The fourth-order valence-corrected chi connectivity index (χ4v) is 1.84. The summed E-state index contributed by atoms with van der Waals surface area (Å²) in [5.41, 5.74) is 1.33. The Hall–Kier alpha value is -0.860. The molecule has 16 heavy (non-hydrogen) atoms. The predicted molar refractivity (Wildman–Crippen MR) is 68.4 cm³/mol. The highest BCUT2D eigenvalue weighted by atomic mass is 16.5. The van der Waals surface area contributed by atoms with E-state index >= 15 is 0 Å². The molecule has 2 nitrogen and oxygen atoms in total. The van der Waals surface area contributed by atoms with Crippen molar-refractivity contribution in [2.45, 2.75) is 32.9 Å². The van der Waals surface area contributed by atoms with Gasteiger partial charge in [0, 0.05) is 19.7 Å². The van der Waals surface area contributed by atoms with E-state index in [0.29, 0.717) is 12.0 Å². The second-order valence-corrected chi connectivity index (χ2v) is 4.65. The first kappa shape index (κ1) is 13.2. The molecule has 0 saturated carbocycles. The zero-order valence-corrected chi connectivity index (χ0v) is 10.6. The van der Waals surface area contributed by atoms with Gasteiger partial charge in [-0.25, -0.2) is 0 Å². The Morgan fingerprint density at radius 2 is 1.88 bits per heavy atom. The molecule has 0 aliphatic heterocycles. The molecule has 1 aromatic rings. The van der Waals surface area contributed by atoms with Crippen molar-refractivity contribution in [3.8, 4) is 0 Å². The van der Waals surface area contributed by atoms with Crippen molar-refractivity contribution in [1.29, 1.82) is 0 Å². The van der Waals surface area contributed by atoms with Gasteiger partial charge in [-0.3, -0.25) is 0 Å². The van der Waals surface area contributed by atoms with Crippen LogP contribution in [-0.2, 0) is 11.3 Å². The summed E-state index contributed by atoms with van der Waals surface area (Å²) in [6, 6.07) is 10.9. The van der Waals surface area contributed by atoms with Crippen LogP contribution in [0.5, 0.6) is 0 Å². The molecule has 0 aliphatic rings. The number of methoxy groups -OCH3 is 1. The van der Waals surface area contributed by atoms with Crippen molar-refractivity contribution in [2.24, 2.45) is 5.92 Å². The van der Waals surface area contributed by atoms with E-state index in [0.717, 1.165) is 19.6 Å². The van der Waals surface area contributed by atoms with Gasteiger partial charge < -0.3 is 10.1 Å². The van der Waals surface area contributed by atoms with Crippen LogP contribution in [0.3, 0.4) is 0 Å². The molecular formula is C14H23NO. The number of ether oxygens (including phenoxy) is 1. The lowest BCUT2D eigenvalue weighted by molar-refractivity contribution is 0.156. The summed E-state index contributed by atoms with van der Waals surface area (Å²) in [7, 11) is 1.76. The van der Waals surface area contributed by atoms with Crippen molar-refractivity contribution >= 4 is 0 Å². The highest BCUT2D eigenvalue weighted by Gasteiger charge is 2.09. The first-order chi connectivity index (χ1) is 7.72. The third-order valence-corrected chi connectivity index (χ3v) is 2.56. The van der Waals surface area contributed by atoms with Crippen LogP contribution in [0.4, 0.5) is 0 Å². The van der Waals surface area contributed by atoms with Gasteiger partial charge in [-0.2, -0.15) is 0 Å². The zero-order chi connectivity index (χ0) is 11.8. The molecule has 0 aliphatic carbocycles. The molecule has 1 unspecified atom stereocenters. The molecule has 0 radical (unpaired) electrons. The van der Waals surface area contributed by atoms with E-state index in [1.165, 1.54) is 5.56 Å². The Balaban J connectivity index is 2.37. The monoisotopic (exact) mass is 221 g/mol. The normalized spacial score (nSPS) is 13.0. The van der Waals surface area contributed by atoms with Crippen LogP contribution >= 0.6 is 0 Å². The molecule has 0 fully saturated rings. The van der Waals surface area contributed by atoms with Crippen LogP contribution in [0.15, 0.2) is 30.3 Å². The van der Waals surface area contributed by atoms with Crippen LogP contribution in [0, 0.1) is 5.92 Å². The Morgan fingerprint density at radius 1 is 1.19 bits per heavy atom. The molecule has 0 saturated heterocycles. The smallest absolute Gasteiger partial charge is 0.0616 e. The summed E-state index contributed by atoms with van der Waals surface area (Å²) in [4.78, 5) is 0. The van der Waals surface area contributed by atoms with E-state index in [2.05, 4.69) is 43.4 Å². The van der Waals surface area contributed by atoms with E-state index in [1.54, 1.807) is 7.11 Å². The largest absolute Gasteiger partial charge is 0.383 e. The summed E-state index contributed by atoms with van der Waals surface area (Å²) < 4.78 is 5.23. The van der Waals surface area contributed by atoms with Crippen LogP contribution in [-0.4, -0.2) is 19.8 Å². The topological polar surface area (TPSA) is 21.3 Å². The maximum Gasteiger partial charge on any atom is 0.0616 e. The summed E-state index contributed by atoms with van der Waals surface area (Å²) >= 11 is 0. The minimum Gasteiger partial charge on any atom is -0.383 e. The Kier molecular flexibility index (Phi) is 6.12. The van der Waals surface area contributed by atoms with E-state index in [4.69, 9.17) is 4.74 Å². The highest BCUT2D eigenvalue weighted by Crippen LogP contribution is 2.06. The summed E-state index contributed by atoms with van der Waals surface area (Å²) in [6.45, 7) is 6.19. The van der Waals surface area contributed by atoms with Gasteiger partial charge >= 0.3 is 0 Å². The van der Waals surface area contributed by atoms with Crippen LogP contribution in [0.2, 0.25) is 0 Å². The Bertz CT molecular complexity index is 271. The van der Waals surface area contributed by atoms with Gasteiger partial charge in [0.05, 0.1) is 6.61 Å². The van der Waals surface area contributed by atoms with Crippen molar-refractivity contribution in [3.63, 3.8) is 0 Å². The lowest BCUT2D eigenvalue weighted by atomic mass is 10.0. The number of hydrogen-bond acceptors (Lipinski definition) is 2. The van der Waals surface area contributed by atoms with Gasteiger partial charge in [0.15, 0.2) is 0 Å². The fraction of sp³-hybridized carbons (Fsp3) is 0.571. The van der Waals surface area contributed by atoms with Gasteiger partial charge in [0.25, 0.3) is 0 Å². The summed E-state index contributed by atoms with van der Waals surface area (Å²) in [6.07, 6.45) is 1.15. The van der Waals surface area contributed by atoms with Crippen molar-refractivity contribution in [3.05, 3.63) is 35.9 Å². The average molecular weight is 221 g/mol. The number of hydrogen-bond donors (Lipinski definition) is 1. The molecule has 0 amide bonds. The molecule has 90 valence electrons. The lowest BCUT2D eigenvalue weighted by Crippen LogP contribution is -2.33. The molecular weight excluding hydrogens is 198 g/mol. The SMILES string of the molecule is COCC(CC(C)C)NCc1ccccc1. The van der Waals surface area contributed by atoms with Gasteiger partial charge in [-0.1, -0.05) is 44.2 Å². The van der Waals surface area contributed by atoms with Gasteiger partial charge in [0.2, 0.25) is 0 Å². The first-order valence-electron chi connectivity index (χ1n) is 5.98. The highest BCUT2D eigenvalue weighted by molar-refractivity contribution is 5.14. The molecule has 0 heterocycles. The second kappa shape index (κ2) is 7.42. The van der Waals surface area contributed by atoms with E-state index < -0.39 is 0 Å². The molecule has 0 bridgehead atoms. The van der Waals surface area contributed by atoms with Crippen molar-refractivity contribution in [2.75, 3.05) is 13.7 Å². The third-order valence-electron chi connectivity index (χ3n) is 2.56. The average Bonchev–Trinajstić information content (AvgIpc) is 2.27. The maximum absolute atomic E-state index is 5.23. The minimum atomic E-state index is 0.449. The molecule has 1 atom stereocenters. The van der Waals surface area contributed by atoms with E-state index in [9.17, 15) is 0 Å². The molecule has 0 aromatic heterocycles. The summed E-state index contributed by atoms with van der Waals surface area (Å²) in [5.74, 6) is 0.698. The molecule has 2 heteroatoms. The third kappa shape index (κ3) is 5.29. The van der Waals surface area contributed by atoms with Crippen LogP contribution in [0.25, 0.3) is 0 Å². The Morgan fingerprint density at radius 3 is 2.44 bits per heavy atom. The first-order valence-corrected chi connectivity index (χ1v) is 5.98. The van der Waals surface area contributed by atoms with Gasteiger partial charge in [0.1, 0.15) is 0 Å². The molecule has 1 aromatic carbocycles. The van der Waals surface area contributed by atoms with Crippen LogP contribution < -0.4 is 5.32 Å². The van der Waals surface area contributed by atoms with Crippen LogP contribution in [0.1, 0.15) is 25.8 Å². The van der Waals surface area contributed by atoms with Gasteiger partial charge in [-0.15, -0.1) is 0 Å². The van der Waals surface area contributed by atoms with E-state index in [1.807, 2.05) is 6.07 Å². The number of nitrogens with one attached hydrogen (secondary N) is 1. The number of rotatable bonds is 7. The Labute approximate surface area is 99.0 Å². The lowest BCUT2D eigenvalue weighted by Gasteiger charge is -2.19. The van der Waals surface area contributed by atoms with E-state index in [-0.39, 0.29) is 0 Å². The van der Waals surface area contributed by atoms with Crippen molar-refractivity contribution in [1.82, 2.24) is 5.32 Å². The number of benzene rings is 1. The second-order valence-electron chi connectivity index (χ2n) is 4.65. The standard InChI is InChI=1S/C14H23NO/c1-12(2)9-14(11-16-3)15-10-13-7-5-4-6-8-13/h4-8,12,14-15H,9-11H2,1-3H3. The predicted octanol–water partition coefficient (Wildman–Crippen LogP) is 2.84. The quantitative estimate of drug-likeness (QED) is 0.764. The van der Waals surface area contributed by atoms with Gasteiger partial charge in [-0.05, 0) is 17.9 Å².